The lowest BCUT2D eigenvalue weighted by atomic mass is 10.1. The lowest BCUT2D eigenvalue weighted by molar-refractivity contribution is -0.140. The molecule has 1 saturated heterocycles. The lowest BCUT2D eigenvalue weighted by Crippen LogP contribution is -2.46. The molecule has 24 heavy (non-hydrogen) atoms. The first-order valence-electron chi connectivity index (χ1n) is 8.18. The van der Waals surface area contributed by atoms with Crippen LogP contribution in [0.1, 0.15) is 12.8 Å². The van der Waals surface area contributed by atoms with Crippen LogP contribution in [0.4, 0.5) is 0 Å². The third-order valence-corrected chi connectivity index (χ3v) is 5.36. The second kappa shape index (κ2) is 7.26. The number of carbonyl (C=O) groups is 2. The summed E-state index contributed by atoms with van der Waals surface area (Å²) in [4.78, 5) is 29.2. The number of hydrogen-bond acceptors (Lipinski definition) is 3. The van der Waals surface area contributed by atoms with Crippen LogP contribution in [0.25, 0.3) is 10.8 Å². The first-order chi connectivity index (χ1) is 11.6. The molecule has 126 valence electrons. The normalized spacial score (nSPS) is 17.2. The van der Waals surface area contributed by atoms with Crippen LogP contribution in [0.2, 0.25) is 0 Å². The van der Waals surface area contributed by atoms with Crippen LogP contribution in [-0.4, -0.2) is 54.0 Å². The highest BCUT2D eigenvalue weighted by Crippen LogP contribution is 2.26. The number of amides is 2. The van der Waals surface area contributed by atoms with Crippen molar-refractivity contribution >= 4 is 34.3 Å². The molecule has 0 saturated carbocycles. The Balaban J connectivity index is 1.64. The number of thioether (sulfide) groups is 1. The summed E-state index contributed by atoms with van der Waals surface area (Å²) < 4.78 is 0. The van der Waals surface area contributed by atoms with Crippen LogP contribution >= 0.6 is 11.8 Å². The molecule has 1 heterocycles. The van der Waals surface area contributed by atoms with Crippen molar-refractivity contribution < 1.29 is 9.59 Å². The number of carbonyl (C=O) groups excluding carboxylic acids is 2. The smallest absolute Gasteiger partial charge is 0.244 e. The van der Waals surface area contributed by atoms with Crippen LogP contribution in [0.3, 0.4) is 0 Å². The van der Waals surface area contributed by atoms with Gasteiger partial charge in [0.2, 0.25) is 11.8 Å². The van der Waals surface area contributed by atoms with Crippen LogP contribution in [0, 0.1) is 0 Å². The monoisotopic (exact) mass is 342 g/mol. The van der Waals surface area contributed by atoms with E-state index in [-0.39, 0.29) is 17.9 Å². The Kier molecular flexibility index (Phi) is 5.09. The van der Waals surface area contributed by atoms with Crippen molar-refractivity contribution in [3.8, 4) is 0 Å². The zero-order valence-electron chi connectivity index (χ0n) is 14.1. The average Bonchev–Trinajstić information content (AvgIpc) is 3.08. The van der Waals surface area contributed by atoms with Gasteiger partial charge in [0.15, 0.2) is 0 Å². The summed E-state index contributed by atoms with van der Waals surface area (Å²) in [6.07, 6.45) is 1.67. The van der Waals surface area contributed by atoms with Gasteiger partial charge in [-0.05, 0) is 35.7 Å². The molecule has 1 atom stereocenters. The molecule has 0 radical (unpaired) electrons. The van der Waals surface area contributed by atoms with Crippen molar-refractivity contribution in [2.24, 2.45) is 0 Å². The Hall–Kier alpha value is -2.01. The van der Waals surface area contributed by atoms with Crippen molar-refractivity contribution in [1.82, 2.24) is 9.80 Å². The Morgan fingerprint density at radius 3 is 2.67 bits per heavy atom. The van der Waals surface area contributed by atoms with Gasteiger partial charge in [0.05, 0.1) is 5.75 Å². The van der Waals surface area contributed by atoms with E-state index in [2.05, 4.69) is 24.3 Å². The Morgan fingerprint density at radius 1 is 1.17 bits per heavy atom. The Labute approximate surface area is 146 Å². The molecule has 5 heteroatoms. The minimum Gasteiger partial charge on any atom is -0.347 e. The van der Waals surface area contributed by atoms with E-state index in [1.807, 2.05) is 18.2 Å². The van der Waals surface area contributed by atoms with E-state index in [1.54, 1.807) is 23.9 Å². The summed E-state index contributed by atoms with van der Waals surface area (Å²) in [5.41, 5.74) is 0. The number of fused-ring (bicyclic) bond motifs is 1. The summed E-state index contributed by atoms with van der Waals surface area (Å²) in [5, 5.41) is 2.38. The van der Waals surface area contributed by atoms with Gasteiger partial charge >= 0.3 is 0 Å². The van der Waals surface area contributed by atoms with E-state index in [0.29, 0.717) is 12.3 Å². The topological polar surface area (TPSA) is 40.6 Å². The lowest BCUT2D eigenvalue weighted by Gasteiger charge is -2.26. The minimum atomic E-state index is -0.287. The molecule has 0 bridgehead atoms. The van der Waals surface area contributed by atoms with Gasteiger partial charge in [0.25, 0.3) is 0 Å². The molecule has 0 aromatic heterocycles. The SMILES string of the molecule is CN(C)C(=O)[C@H]1CCCN1C(=O)CSc1ccc2ccccc2c1. The maximum absolute atomic E-state index is 12.6. The number of likely N-dealkylation sites (tertiary alicyclic amines) is 1. The molecule has 0 aliphatic carbocycles. The molecular formula is C19H22N2O2S. The summed E-state index contributed by atoms with van der Waals surface area (Å²) in [6, 6.07) is 14.1. The van der Waals surface area contributed by atoms with E-state index in [0.717, 1.165) is 17.7 Å². The zero-order chi connectivity index (χ0) is 17.1. The highest BCUT2D eigenvalue weighted by molar-refractivity contribution is 8.00. The molecule has 3 rings (SSSR count). The molecule has 1 fully saturated rings. The molecule has 1 aliphatic rings. The van der Waals surface area contributed by atoms with E-state index in [1.165, 1.54) is 22.5 Å². The van der Waals surface area contributed by atoms with Gasteiger partial charge in [-0.2, -0.15) is 0 Å². The van der Waals surface area contributed by atoms with Crippen molar-refractivity contribution in [1.29, 1.82) is 0 Å². The fourth-order valence-corrected chi connectivity index (χ4v) is 3.94. The van der Waals surface area contributed by atoms with Crippen molar-refractivity contribution in [3.63, 3.8) is 0 Å². The fraction of sp³-hybridized carbons (Fsp3) is 0.368. The number of nitrogens with zero attached hydrogens (tertiary/aromatic N) is 2. The van der Waals surface area contributed by atoms with Gasteiger partial charge in [0, 0.05) is 25.5 Å². The van der Waals surface area contributed by atoms with Crippen LogP contribution < -0.4 is 0 Å². The third kappa shape index (κ3) is 3.56. The molecular weight excluding hydrogens is 320 g/mol. The van der Waals surface area contributed by atoms with Crippen LogP contribution in [0.15, 0.2) is 47.4 Å². The second-order valence-corrected chi connectivity index (χ2v) is 7.32. The van der Waals surface area contributed by atoms with Crippen LogP contribution in [0.5, 0.6) is 0 Å². The standard InChI is InChI=1S/C19H22N2O2S/c1-20(2)19(23)17-8-5-11-21(17)18(22)13-24-16-10-9-14-6-3-4-7-15(14)12-16/h3-4,6-7,9-10,12,17H,5,8,11,13H2,1-2H3/t17-/m1/s1. The van der Waals surface area contributed by atoms with Gasteiger partial charge in [0.1, 0.15) is 6.04 Å². The van der Waals surface area contributed by atoms with Gasteiger partial charge in [-0.1, -0.05) is 30.3 Å². The predicted octanol–water partition coefficient (Wildman–Crippen LogP) is 3.01. The van der Waals surface area contributed by atoms with Gasteiger partial charge in [-0.15, -0.1) is 11.8 Å². The first-order valence-corrected chi connectivity index (χ1v) is 9.17. The Bertz CT molecular complexity index is 760. The van der Waals surface area contributed by atoms with E-state index >= 15 is 0 Å². The van der Waals surface area contributed by atoms with Crippen molar-refractivity contribution in [2.45, 2.75) is 23.8 Å². The Morgan fingerprint density at radius 2 is 1.92 bits per heavy atom. The third-order valence-electron chi connectivity index (χ3n) is 4.38. The summed E-state index contributed by atoms with van der Waals surface area (Å²) in [6.45, 7) is 0.682. The van der Waals surface area contributed by atoms with Gasteiger partial charge in [-0.25, -0.2) is 0 Å². The molecule has 2 amide bonds. The largest absolute Gasteiger partial charge is 0.347 e. The van der Waals surface area contributed by atoms with E-state index in [4.69, 9.17) is 0 Å². The summed E-state index contributed by atoms with van der Waals surface area (Å²) in [5.74, 6) is 0.442. The van der Waals surface area contributed by atoms with Gasteiger partial charge in [-0.3, -0.25) is 9.59 Å². The molecule has 0 N–H and O–H groups in total. The zero-order valence-corrected chi connectivity index (χ0v) is 14.9. The number of benzene rings is 2. The highest BCUT2D eigenvalue weighted by atomic mass is 32.2. The molecule has 1 aliphatic heterocycles. The fourth-order valence-electron chi connectivity index (χ4n) is 3.11. The van der Waals surface area contributed by atoms with Crippen molar-refractivity contribution in [3.05, 3.63) is 42.5 Å². The van der Waals surface area contributed by atoms with E-state index in [9.17, 15) is 9.59 Å². The minimum absolute atomic E-state index is 0.0246. The molecule has 2 aromatic rings. The van der Waals surface area contributed by atoms with Crippen LogP contribution in [-0.2, 0) is 9.59 Å². The second-order valence-electron chi connectivity index (χ2n) is 6.28. The number of hydrogen-bond donors (Lipinski definition) is 0. The molecule has 0 spiro atoms. The molecule has 2 aromatic carbocycles. The molecule has 4 nitrogen and oxygen atoms in total. The van der Waals surface area contributed by atoms with Crippen molar-refractivity contribution in [2.75, 3.05) is 26.4 Å². The molecule has 0 unspecified atom stereocenters. The predicted molar refractivity (Wildman–Crippen MR) is 98.1 cm³/mol. The van der Waals surface area contributed by atoms with E-state index < -0.39 is 0 Å². The number of likely N-dealkylation sites (N-methyl/N-ethyl adjacent to an activating group) is 1. The summed E-state index contributed by atoms with van der Waals surface area (Å²) >= 11 is 1.54. The first kappa shape index (κ1) is 16.8. The highest BCUT2D eigenvalue weighted by Gasteiger charge is 2.34. The quantitative estimate of drug-likeness (QED) is 0.802. The summed E-state index contributed by atoms with van der Waals surface area (Å²) in [7, 11) is 3.49. The average molecular weight is 342 g/mol. The number of rotatable bonds is 4. The maximum atomic E-state index is 12.6. The maximum Gasteiger partial charge on any atom is 0.244 e. The van der Waals surface area contributed by atoms with Gasteiger partial charge < -0.3 is 9.80 Å².